The van der Waals surface area contributed by atoms with E-state index in [4.69, 9.17) is 16.3 Å². The van der Waals surface area contributed by atoms with Gasteiger partial charge >= 0.3 is 0 Å². The van der Waals surface area contributed by atoms with Gasteiger partial charge in [-0.25, -0.2) is 12.8 Å². The molecule has 0 unspecified atom stereocenters. The number of sulfonamides is 1. The smallest absolute Gasteiger partial charge is 0.261 e. The number of nitrogens with one attached hydrogen (secondary N) is 2. The van der Waals surface area contributed by atoms with Gasteiger partial charge < -0.3 is 15.0 Å². The van der Waals surface area contributed by atoms with Crippen LogP contribution in [0.5, 0.6) is 5.75 Å². The van der Waals surface area contributed by atoms with E-state index in [0.717, 1.165) is 17.7 Å². The van der Waals surface area contributed by atoms with Crippen molar-refractivity contribution in [2.45, 2.75) is 17.5 Å². The molecule has 0 aliphatic rings. The number of rotatable bonds is 11. The number of carbonyl (C=O) groups is 2. The summed E-state index contributed by atoms with van der Waals surface area (Å²) in [6.45, 7) is -0.299. The zero-order chi connectivity index (χ0) is 29.4. The summed E-state index contributed by atoms with van der Waals surface area (Å²) < 4.78 is 46.6. The van der Waals surface area contributed by atoms with Gasteiger partial charge in [0.15, 0.2) is 6.61 Å². The number of hydrogen-bond acceptors (Lipinski definition) is 5. The minimum absolute atomic E-state index is 0.0476. The highest BCUT2D eigenvalue weighted by molar-refractivity contribution is 7.92. The first kappa shape index (κ1) is 29.6. The highest BCUT2D eigenvalue weighted by Gasteiger charge is 2.31. The molecule has 0 aliphatic heterocycles. The van der Waals surface area contributed by atoms with Gasteiger partial charge in [-0.05, 0) is 71.8 Å². The van der Waals surface area contributed by atoms with Crippen LogP contribution < -0.4 is 14.8 Å². The van der Waals surface area contributed by atoms with Crippen LogP contribution in [0.3, 0.4) is 0 Å². The van der Waals surface area contributed by atoms with Gasteiger partial charge in [0.2, 0.25) is 5.91 Å². The molecule has 0 aliphatic carbocycles. The van der Waals surface area contributed by atoms with Crippen molar-refractivity contribution in [3.05, 3.63) is 125 Å². The highest BCUT2D eigenvalue weighted by atomic mass is 35.5. The van der Waals surface area contributed by atoms with Gasteiger partial charge in [0, 0.05) is 24.3 Å². The molecule has 0 spiro atoms. The molecule has 2 amide bonds. The zero-order valence-electron chi connectivity index (χ0n) is 22.0. The van der Waals surface area contributed by atoms with Crippen LogP contribution in [-0.4, -0.2) is 38.8 Å². The monoisotopic (exact) mass is 595 g/mol. The molecular weight excluding hydrogens is 569 g/mol. The van der Waals surface area contributed by atoms with Crippen LogP contribution in [0.15, 0.2) is 108 Å². The zero-order valence-corrected chi connectivity index (χ0v) is 23.5. The molecule has 0 saturated heterocycles. The quantitative estimate of drug-likeness (QED) is 0.249. The maximum absolute atomic E-state index is 13.5. The van der Waals surface area contributed by atoms with E-state index in [1.165, 1.54) is 48.3 Å². The van der Waals surface area contributed by atoms with Gasteiger partial charge in [-0.1, -0.05) is 54.1 Å². The Kier molecular flexibility index (Phi) is 9.59. The first-order valence-electron chi connectivity index (χ1n) is 12.5. The molecule has 41 heavy (non-hydrogen) atoms. The highest BCUT2D eigenvalue weighted by Crippen LogP contribution is 2.25. The molecule has 4 aromatic carbocycles. The van der Waals surface area contributed by atoms with Crippen molar-refractivity contribution in [3.63, 3.8) is 0 Å². The molecule has 0 radical (unpaired) electrons. The number of nitrogens with zero attached hydrogens (tertiary/aromatic N) is 1. The molecule has 0 saturated carbocycles. The van der Waals surface area contributed by atoms with E-state index in [1.54, 1.807) is 48.5 Å². The Morgan fingerprint density at radius 3 is 2.15 bits per heavy atom. The van der Waals surface area contributed by atoms with Gasteiger partial charge in [-0.2, -0.15) is 0 Å². The van der Waals surface area contributed by atoms with Crippen LogP contribution in [0.25, 0.3) is 0 Å². The summed E-state index contributed by atoms with van der Waals surface area (Å²) in [7, 11) is -2.44. The molecule has 4 aromatic rings. The van der Waals surface area contributed by atoms with Crippen LogP contribution in [0, 0.1) is 5.82 Å². The number of likely N-dealkylation sites (N-methyl/N-ethyl adjacent to an activating group) is 1. The van der Waals surface area contributed by atoms with E-state index in [1.807, 2.05) is 6.07 Å². The summed E-state index contributed by atoms with van der Waals surface area (Å²) in [5, 5.41) is 3.17. The van der Waals surface area contributed by atoms with Crippen LogP contribution >= 0.6 is 11.6 Å². The average Bonchev–Trinajstić information content (AvgIpc) is 2.98. The minimum Gasteiger partial charge on any atom is -0.484 e. The molecule has 8 nitrogen and oxygen atoms in total. The summed E-state index contributed by atoms with van der Waals surface area (Å²) in [6.07, 6.45) is 0. The minimum atomic E-state index is -3.94. The summed E-state index contributed by atoms with van der Waals surface area (Å²) in [6, 6.07) is 25.4. The summed E-state index contributed by atoms with van der Waals surface area (Å²) >= 11 is 6.03. The SMILES string of the molecule is CNC(=O)[C@@H](c1ccccc1)N(Cc1ccc(Cl)cc1)C(=O)COc1ccc(S(=O)(=O)Nc2ccc(F)cc2)cc1. The normalized spacial score (nSPS) is 11.8. The van der Waals surface area contributed by atoms with E-state index in [0.29, 0.717) is 10.6 Å². The fourth-order valence-electron chi connectivity index (χ4n) is 4.03. The van der Waals surface area contributed by atoms with Crippen molar-refractivity contribution in [3.8, 4) is 5.75 Å². The lowest BCUT2D eigenvalue weighted by molar-refractivity contribution is -0.143. The molecular formula is C30H27ClFN3O5S. The van der Waals surface area contributed by atoms with E-state index >= 15 is 0 Å². The van der Waals surface area contributed by atoms with Gasteiger partial charge in [0.25, 0.3) is 15.9 Å². The second-order valence-corrected chi connectivity index (χ2v) is 11.1. The molecule has 0 heterocycles. The third-order valence-corrected chi connectivity index (χ3v) is 7.75. The predicted octanol–water partition coefficient (Wildman–Crippen LogP) is 5.17. The number of hydrogen-bond donors (Lipinski definition) is 2. The van der Waals surface area contributed by atoms with Crippen molar-refractivity contribution in [1.29, 1.82) is 0 Å². The number of halogens is 2. The molecule has 2 N–H and O–H groups in total. The lowest BCUT2D eigenvalue weighted by Gasteiger charge is -2.31. The molecule has 0 bridgehead atoms. The van der Waals surface area contributed by atoms with Crippen molar-refractivity contribution >= 4 is 39.1 Å². The van der Waals surface area contributed by atoms with E-state index in [9.17, 15) is 22.4 Å². The van der Waals surface area contributed by atoms with Crippen LogP contribution in [0.1, 0.15) is 17.2 Å². The second kappa shape index (κ2) is 13.3. The topological polar surface area (TPSA) is 105 Å². The fourth-order valence-corrected chi connectivity index (χ4v) is 5.21. The fraction of sp³-hybridized carbons (Fsp3) is 0.133. The maximum Gasteiger partial charge on any atom is 0.261 e. The van der Waals surface area contributed by atoms with Crippen molar-refractivity contribution in [2.75, 3.05) is 18.4 Å². The Bertz CT molecular complexity index is 1580. The largest absolute Gasteiger partial charge is 0.484 e. The Morgan fingerprint density at radius 2 is 1.54 bits per heavy atom. The van der Waals surface area contributed by atoms with Crippen molar-refractivity contribution in [1.82, 2.24) is 10.2 Å². The van der Waals surface area contributed by atoms with Crippen molar-refractivity contribution < 1.29 is 27.1 Å². The number of benzene rings is 4. The van der Waals surface area contributed by atoms with E-state index < -0.39 is 34.4 Å². The van der Waals surface area contributed by atoms with Crippen LogP contribution in [-0.2, 0) is 26.2 Å². The maximum atomic E-state index is 13.5. The third-order valence-electron chi connectivity index (χ3n) is 6.10. The van der Waals surface area contributed by atoms with E-state index in [-0.39, 0.29) is 28.8 Å². The molecule has 0 aromatic heterocycles. The van der Waals surface area contributed by atoms with Crippen LogP contribution in [0.4, 0.5) is 10.1 Å². The Balaban J connectivity index is 1.51. The Hall–Kier alpha value is -4.41. The Labute approximate surface area is 242 Å². The average molecular weight is 596 g/mol. The molecule has 0 fully saturated rings. The van der Waals surface area contributed by atoms with Gasteiger partial charge in [-0.15, -0.1) is 0 Å². The number of carbonyl (C=O) groups excluding carboxylic acids is 2. The number of anilines is 1. The standard InChI is InChI=1S/C30H27ClFN3O5S/c1-33-30(37)29(22-5-3-2-4-6-22)35(19-21-7-9-23(31)10-8-21)28(36)20-40-26-15-17-27(18-16-26)41(38,39)34-25-13-11-24(32)12-14-25/h2-18,29,34H,19-20H2,1H3,(H,33,37)/t29-/m1/s1. The molecule has 1 atom stereocenters. The van der Waals surface area contributed by atoms with Crippen molar-refractivity contribution in [2.24, 2.45) is 0 Å². The first-order chi connectivity index (χ1) is 19.7. The van der Waals surface area contributed by atoms with Crippen LogP contribution in [0.2, 0.25) is 5.02 Å². The lowest BCUT2D eigenvalue weighted by Crippen LogP contribution is -2.44. The molecule has 4 rings (SSSR count). The molecule has 11 heteroatoms. The second-order valence-electron chi connectivity index (χ2n) is 8.95. The van der Waals surface area contributed by atoms with Gasteiger partial charge in [-0.3, -0.25) is 14.3 Å². The molecule has 212 valence electrons. The third kappa shape index (κ3) is 7.84. The first-order valence-corrected chi connectivity index (χ1v) is 14.3. The number of ether oxygens (including phenoxy) is 1. The summed E-state index contributed by atoms with van der Waals surface area (Å²) in [5.74, 6) is -1.07. The van der Waals surface area contributed by atoms with Gasteiger partial charge in [0.05, 0.1) is 4.90 Å². The number of amides is 2. The van der Waals surface area contributed by atoms with E-state index in [2.05, 4.69) is 10.0 Å². The lowest BCUT2D eigenvalue weighted by atomic mass is 10.0. The summed E-state index contributed by atoms with van der Waals surface area (Å²) in [4.78, 5) is 27.9. The summed E-state index contributed by atoms with van der Waals surface area (Å²) in [5.41, 5.74) is 1.59. The van der Waals surface area contributed by atoms with Gasteiger partial charge in [0.1, 0.15) is 17.6 Å². The predicted molar refractivity (Wildman–Crippen MR) is 154 cm³/mol. The Morgan fingerprint density at radius 1 is 0.902 bits per heavy atom.